The van der Waals surface area contributed by atoms with E-state index >= 15 is 0 Å². The zero-order valence-corrected chi connectivity index (χ0v) is 12.9. The molecule has 0 fully saturated rings. The summed E-state index contributed by atoms with van der Waals surface area (Å²) < 4.78 is 6.78. The first-order valence-corrected chi connectivity index (χ1v) is 7.73. The number of rotatable bonds is 2. The van der Waals surface area contributed by atoms with E-state index in [4.69, 9.17) is 9.57 Å². The lowest BCUT2D eigenvalue weighted by atomic mass is 9.96. The average molecular weight is 344 g/mol. The summed E-state index contributed by atoms with van der Waals surface area (Å²) in [5, 5.41) is 0. The number of nitrogens with one attached hydrogen (secondary N) is 1. The fourth-order valence-electron chi connectivity index (χ4n) is 2.99. The van der Waals surface area contributed by atoms with Gasteiger partial charge in [-0.25, -0.2) is 0 Å². The molecule has 2 aliphatic rings. The van der Waals surface area contributed by atoms with Crippen molar-refractivity contribution < 1.29 is 9.57 Å². The largest absolute Gasteiger partial charge is 0.457 e. The third-order valence-corrected chi connectivity index (χ3v) is 4.36. The van der Waals surface area contributed by atoms with Gasteiger partial charge in [-0.2, -0.15) is 0 Å². The van der Waals surface area contributed by atoms with Crippen LogP contribution in [0.1, 0.15) is 17.5 Å². The zero-order chi connectivity index (χ0) is 14.3. The highest BCUT2D eigenvalue weighted by molar-refractivity contribution is 9.11. The monoisotopic (exact) mass is 343 g/mol. The fraction of sp³-hybridized carbons (Fsp3) is 0.176. The summed E-state index contributed by atoms with van der Waals surface area (Å²) in [5.74, 6) is 1.72. The molecule has 1 spiro atoms. The maximum Gasteiger partial charge on any atom is 0.142 e. The number of para-hydroxylation sites is 1. The lowest BCUT2D eigenvalue weighted by molar-refractivity contribution is -0.0402. The van der Waals surface area contributed by atoms with Gasteiger partial charge in [0.2, 0.25) is 0 Å². The summed E-state index contributed by atoms with van der Waals surface area (Å²) in [6.07, 6.45) is 4.02. The van der Waals surface area contributed by atoms with Crippen LogP contribution in [0.3, 0.4) is 0 Å². The van der Waals surface area contributed by atoms with Crippen LogP contribution in [0.4, 0.5) is 0 Å². The number of aryl methyl sites for hydroxylation is 1. The van der Waals surface area contributed by atoms with Gasteiger partial charge in [0.25, 0.3) is 0 Å². The van der Waals surface area contributed by atoms with Gasteiger partial charge in [0, 0.05) is 0 Å². The highest BCUT2D eigenvalue weighted by Crippen LogP contribution is 2.45. The topological polar surface area (TPSA) is 30.5 Å². The van der Waals surface area contributed by atoms with Crippen LogP contribution in [0.5, 0.6) is 11.5 Å². The van der Waals surface area contributed by atoms with Crippen LogP contribution >= 0.6 is 15.9 Å². The molecule has 2 aromatic carbocycles. The molecular weight excluding hydrogens is 330 g/mol. The molecule has 0 aromatic heterocycles. The van der Waals surface area contributed by atoms with Gasteiger partial charge in [-0.15, -0.1) is 0 Å². The molecule has 0 amide bonds. The van der Waals surface area contributed by atoms with Crippen LogP contribution in [0.15, 0.2) is 59.2 Å². The smallest absolute Gasteiger partial charge is 0.142 e. The third kappa shape index (κ3) is 2.24. The first kappa shape index (κ1) is 12.9. The predicted octanol–water partition coefficient (Wildman–Crippen LogP) is 4.39. The van der Waals surface area contributed by atoms with Crippen molar-refractivity contribution in [3.05, 3.63) is 70.3 Å². The quantitative estimate of drug-likeness (QED) is 0.820. The molecule has 106 valence electrons. The van der Waals surface area contributed by atoms with Crippen LogP contribution in [0.2, 0.25) is 0 Å². The molecule has 0 radical (unpaired) electrons. The molecule has 0 saturated carbocycles. The van der Waals surface area contributed by atoms with E-state index in [2.05, 4.69) is 39.6 Å². The molecule has 0 unspecified atom stereocenters. The molecule has 2 aromatic rings. The van der Waals surface area contributed by atoms with Crippen LogP contribution in [-0.2, 0) is 16.9 Å². The van der Waals surface area contributed by atoms with Crippen molar-refractivity contribution in [2.45, 2.75) is 18.4 Å². The summed E-state index contributed by atoms with van der Waals surface area (Å²) in [6.45, 7) is 0. The molecule has 1 N–H and O–H groups in total. The molecule has 1 aliphatic carbocycles. The van der Waals surface area contributed by atoms with Crippen LogP contribution in [-0.4, -0.2) is 0 Å². The van der Waals surface area contributed by atoms with Gasteiger partial charge in [0.1, 0.15) is 21.7 Å². The number of hydrogen-bond acceptors (Lipinski definition) is 3. The van der Waals surface area contributed by atoms with Crippen LogP contribution < -0.4 is 10.2 Å². The molecule has 1 atom stereocenters. The predicted molar refractivity (Wildman–Crippen MR) is 84.2 cm³/mol. The maximum atomic E-state index is 5.89. The van der Waals surface area contributed by atoms with Gasteiger partial charge in [0.15, 0.2) is 0 Å². The summed E-state index contributed by atoms with van der Waals surface area (Å²) in [7, 11) is 0. The molecule has 0 bridgehead atoms. The lowest BCUT2D eigenvalue weighted by Gasteiger charge is -2.20. The normalized spacial score (nSPS) is 22.8. The van der Waals surface area contributed by atoms with Gasteiger partial charge in [0.05, 0.1) is 0 Å². The second-order valence-electron chi connectivity index (χ2n) is 5.32. The first-order valence-electron chi connectivity index (χ1n) is 6.94. The SMILES string of the molecule is BrC1=C[C@@]2(CCc3cc(Oc4ccccc4)ccc32)ON1. The standard InChI is InChI=1S/C17H14BrNO2/c18-16-11-17(21-19-16)9-8-12-10-14(6-7-15(12)17)20-13-4-2-1-3-5-13/h1-7,10-11,19H,8-9H2/t17-/m1/s1. The van der Waals surface area contributed by atoms with E-state index in [-0.39, 0.29) is 5.60 Å². The summed E-state index contributed by atoms with van der Waals surface area (Å²) in [5.41, 5.74) is 5.05. The Bertz CT molecular complexity index is 714. The van der Waals surface area contributed by atoms with Crippen molar-refractivity contribution in [3.8, 4) is 11.5 Å². The summed E-state index contributed by atoms with van der Waals surface area (Å²) in [6, 6.07) is 16.1. The molecule has 21 heavy (non-hydrogen) atoms. The molecule has 4 rings (SSSR count). The van der Waals surface area contributed by atoms with E-state index in [0.29, 0.717) is 0 Å². The Labute approximate surface area is 131 Å². The van der Waals surface area contributed by atoms with Crippen molar-refractivity contribution in [3.63, 3.8) is 0 Å². The summed E-state index contributed by atoms with van der Waals surface area (Å²) in [4.78, 5) is 5.77. The van der Waals surface area contributed by atoms with E-state index in [1.54, 1.807) is 0 Å². The number of ether oxygens (including phenoxy) is 1. The number of halogens is 1. The van der Waals surface area contributed by atoms with E-state index in [1.165, 1.54) is 11.1 Å². The Hall–Kier alpha value is -1.78. The number of hydrogen-bond donors (Lipinski definition) is 1. The van der Waals surface area contributed by atoms with Gasteiger partial charge < -0.3 is 4.74 Å². The van der Waals surface area contributed by atoms with E-state index in [9.17, 15) is 0 Å². The highest BCUT2D eigenvalue weighted by atomic mass is 79.9. The van der Waals surface area contributed by atoms with E-state index in [0.717, 1.165) is 28.9 Å². The van der Waals surface area contributed by atoms with Crippen molar-refractivity contribution in [2.24, 2.45) is 0 Å². The minimum Gasteiger partial charge on any atom is -0.457 e. The molecule has 1 heterocycles. The van der Waals surface area contributed by atoms with Gasteiger partial charge in [-0.1, -0.05) is 24.3 Å². The van der Waals surface area contributed by atoms with E-state index in [1.807, 2.05) is 36.4 Å². The van der Waals surface area contributed by atoms with Crippen LogP contribution in [0.25, 0.3) is 0 Å². The minimum atomic E-state index is -0.334. The summed E-state index contributed by atoms with van der Waals surface area (Å²) >= 11 is 3.43. The Kier molecular flexibility index (Phi) is 3.01. The Morgan fingerprint density at radius 2 is 1.95 bits per heavy atom. The zero-order valence-electron chi connectivity index (χ0n) is 11.3. The van der Waals surface area contributed by atoms with Crippen molar-refractivity contribution in [1.82, 2.24) is 5.48 Å². The van der Waals surface area contributed by atoms with Crippen molar-refractivity contribution in [2.75, 3.05) is 0 Å². The van der Waals surface area contributed by atoms with Crippen molar-refractivity contribution in [1.29, 1.82) is 0 Å². The minimum absolute atomic E-state index is 0.334. The molecule has 1 aliphatic heterocycles. The second-order valence-corrected chi connectivity index (χ2v) is 6.17. The second kappa shape index (κ2) is 4.90. The number of benzene rings is 2. The fourth-order valence-corrected chi connectivity index (χ4v) is 3.44. The van der Waals surface area contributed by atoms with E-state index < -0.39 is 0 Å². The highest BCUT2D eigenvalue weighted by Gasteiger charge is 2.42. The Morgan fingerprint density at radius 3 is 2.71 bits per heavy atom. The third-order valence-electron chi connectivity index (χ3n) is 3.97. The average Bonchev–Trinajstić information content (AvgIpc) is 3.05. The number of fused-ring (bicyclic) bond motifs is 2. The Balaban J connectivity index is 1.65. The lowest BCUT2D eigenvalue weighted by Crippen LogP contribution is -2.23. The van der Waals surface area contributed by atoms with Gasteiger partial charge in [-0.3, -0.25) is 10.3 Å². The van der Waals surface area contributed by atoms with Crippen LogP contribution in [0, 0.1) is 0 Å². The van der Waals surface area contributed by atoms with Crippen molar-refractivity contribution >= 4 is 15.9 Å². The van der Waals surface area contributed by atoms with Gasteiger partial charge in [-0.05, 0) is 70.2 Å². The molecular formula is C17H14BrNO2. The molecule has 4 heteroatoms. The Morgan fingerprint density at radius 1 is 1.10 bits per heavy atom. The maximum absolute atomic E-state index is 5.89. The molecule has 0 saturated heterocycles. The number of hydroxylamine groups is 1. The van der Waals surface area contributed by atoms with Gasteiger partial charge >= 0.3 is 0 Å². The molecule has 3 nitrogen and oxygen atoms in total. The first-order chi connectivity index (χ1) is 10.3.